The Labute approximate surface area is 265 Å². The molecule has 3 amide bonds. The molecule has 8 nitrogen and oxygen atoms in total. The molecule has 2 heterocycles. The average molecular weight is 601 g/mol. The number of hydrogen-bond acceptors (Lipinski definition) is 5. The Morgan fingerprint density at radius 1 is 0.756 bits per heavy atom. The number of aryl methyl sites for hydroxylation is 1. The van der Waals surface area contributed by atoms with Gasteiger partial charge in [0.1, 0.15) is 0 Å². The topological polar surface area (TPSA) is 80.3 Å². The van der Waals surface area contributed by atoms with E-state index in [-0.39, 0.29) is 5.91 Å². The molecule has 4 aromatic carbocycles. The van der Waals surface area contributed by atoms with Crippen molar-refractivity contribution in [3.05, 3.63) is 120 Å². The Kier molecular flexibility index (Phi) is 9.39. The lowest BCUT2D eigenvalue weighted by atomic mass is 10.00. The van der Waals surface area contributed by atoms with Gasteiger partial charge in [-0.15, -0.1) is 0 Å². The van der Waals surface area contributed by atoms with Crippen molar-refractivity contribution in [2.24, 2.45) is 4.99 Å². The molecule has 1 unspecified atom stereocenters. The molecule has 0 bridgehead atoms. The summed E-state index contributed by atoms with van der Waals surface area (Å²) in [6.45, 7) is 6.34. The molecule has 2 N–H and O–H groups in total. The molecule has 4 aromatic rings. The van der Waals surface area contributed by atoms with E-state index in [0.29, 0.717) is 18.7 Å². The van der Waals surface area contributed by atoms with Crippen molar-refractivity contribution in [2.45, 2.75) is 32.4 Å². The minimum Gasteiger partial charge on any atom is -0.368 e. The third-order valence-corrected chi connectivity index (χ3v) is 8.39. The predicted octanol–water partition coefficient (Wildman–Crippen LogP) is 6.34. The van der Waals surface area contributed by atoms with E-state index in [4.69, 9.17) is 4.99 Å². The maximum absolute atomic E-state index is 13.8. The minimum absolute atomic E-state index is 0.237. The Bertz CT molecular complexity index is 1620. The second-order valence-corrected chi connectivity index (χ2v) is 11.4. The number of rotatable bonds is 9. The first kappa shape index (κ1) is 29.9. The predicted molar refractivity (Wildman–Crippen MR) is 184 cm³/mol. The van der Waals surface area contributed by atoms with Crippen molar-refractivity contribution in [3.8, 4) is 0 Å². The normalized spacial score (nSPS) is 16.5. The Hall–Kier alpha value is -5.11. The van der Waals surface area contributed by atoms with Crippen molar-refractivity contribution >= 4 is 40.4 Å². The van der Waals surface area contributed by atoms with Gasteiger partial charge in [-0.3, -0.25) is 9.79 Å². The number of aliphatic imine (C=N–C) groups is 1. The molecule has 0 spiro atoms. The van der Waals surface area contributed by atoms with E-state index in [1.807, 2.05) is 79.7 Å². The highest BCUT2D eigenvalue weighted by atomic mass is 16.2. The molecule has 8 heteroatoms. The number of amides is 3. The summed E-state index contributed by atoms with van der Waals surface area (Å²) in [5.41, 5.74) is 6.80. The molecule has 0 aromatic heterocycles. The molecule has 2 aliphatic heterocycles. The van der Waals surface area contributed by atoms with E-state index in [2.05, 4.69) is 56.8 Å². The van der Waals surface area contributed by atoms with Crippen LogP contribution in [0.5, 0.6) is 0 Å². The number of anilines is 4. The monoisotopic (exact) mass is 600 g/mol. The minimum atomic E-state index is -1.03. The van der Waals surface area contributed by atoms with E-state index in [1.165, 1.54) is 11.3 Å². The number of para-hydroxylation sites is 2. The van der Waals surface area contributed by atoms with Crippen molar-refractivity contribution in [3.63, 3.8) is 0 Å². The summed E-state index contributed by atoms with van der Waals surface area (Å²) in [5, 5.41) is 5.78. The third-order valence-electron chi connectivity index (χ3n) is 8.39. The summed E-state index contributed by atoms with van der Waals surface area (Å²) >= 11 is 0. The zero-order chi connectivity index (χ0) is 31.0. The lowest BCUT2D eigenvalue weighted by Crippen LogP contribution is -2.48. The first-order valence-corrected chi connectivity index (χ1v) is 15.8. The molecule has 45 heavy (non-hydrogen) atoms. The number of hydrogen-bond donors (Lipinski definition) is 2. The molecule has 0 aliphatic carbocycles. The van der Waals surface area contributed by atoms with Crippen LogP contribution in [-0.2, 0) is 11.2 Å². The molecule has 1 atom stereocenters. The summed E-state index contributed by atoms with van der Waals surface area (Å²) in [7, 11) is 0. The van der Waals surface area contributed by atoms with E-state index >= 15 is 0 Å². The fourth-order valence-corrected chi connectivity index (χ4v) is 6.06. The van der Waals surface area contributed by atoms with Crippen LogP contribution in [0.25, 0.3) is 0 Å². The molecule has 2 aliphatic rings. The van der Waals surface area contributed by atoms with Crippen molar-refractivity contribution in [1.29, 1.82) is 0 Å². The van der Waals surface area contributed by atoms with Crippen LogP contribution in [0.2, 0.25) is 0 Å². The lowest BCUT2D eigenvalue weighted by Gasteiger charge is -2.37. The Morgan fingerprint density at radius 2 is 1.36 bits per heavy atom. The molecule has 0 saturated carbocycles. The Morgan fingerprint density at radius 3 is 2.02 bits per heavy atom. The SMILES string of the molecule is CCCN1C(=O)C(NC(=O)Nc2ccc(N3CCN(c4ccccc4)CC3)cc2)N=C(CCc2ccccc2)c2ccccc21. The van der Waals surface area contributed by atoms with Gasteiger partial charge in [0.15, 0.2) is 0 Å². The van der Waals surface area contributed by atoms with Gasteiger partial charge < -0.3 is 25.3 Å². The van der Waals surface area contributed by atoms with Gasteiger partial charge in [-0.2, -0.15) is 0 Å². The van der Waals surface area contributed by atoms with Crippen molar-refractivity contribution < 1.29 is 9.59 Å². The number of nitrogens with zero attached hydrogens (tertiary/aromatic N) is 4. The fourth-order valence-electron chi connectivity index (χ4n) is 6.06. The van der Waals surface area contributed by atoms with Crippen molar-refractivity contribution in [2.75, 3.05) is 52.7 Å². The average Bonchev–Trinajstić information content (AvgIpc) is 3.19. The van der Waals surface area contributed by atoms with Crippen molar-refractivity contribution in [1.82, 2.24) is 5.32 Å². The second-order valence-electron chi connectivity index (χ2n) is 11.4. The number of carbonyl (C=O) groups is 2. The number of nitrogens with one attached hydrogen (secondary N) is 2. The first-order chi connectivity index (χ1) is 22.1. The smallest absolute Gasteiger partial charge is 0.321 e. The highest BCUT2D eigenvalue weighted by Gasteiger charge is 2.32. The standard InChI is InChI=1S/C37H40N6O2/c1-2-23-43-34-16-10-9-15-32(34)33(22-17-28-11-5-3-6-12-28)39-35(36(43)44)40-37(45)38-29-18-20-31(21-19-29)42-26-24-41(25-27-42)30-13-7-4-8-14-30/h3-16,18-21,35H,2,17,22-27H2,1H3,(H2,38,40,45). The number of benzodiazepines with no additional fused rings is 1. The number of urea groups is 1. The van der Waals surface area contributed by atoms with Crippen LogP contribution in [-0.4, -0.2) is 56.5 Å². The summed E-state index contributed by atoms with van der Waals surface area (Å²) < 4.78 is 0. The number of piperazine rings is 1. The summed E-state index contributed by atoms with van der Waals surface area (Å²) in [4.78, 5) is 38.4. The zero-order valence-electron chi connectivity index (χ0n) is 25.7. The van der Waals surface area contributed by atoms with Crippen LogP contribution in [0, 0.1) is 0 Å². The van der Waals surface area contributed by atoms with E-state index in [0.717, 1.165) is 61.7 Å². The molecular weight excluding hydrogens is 560 g/mol. The maximum Gasteiger partial charge on any atom is 0.321 e. The number of carbonyl (C=O) groups excluding carboxylic acids is 2. The third kappa shape index (κ3) is 7.17. The van der Waals surface area contributed by atoms with Gasteiger partial charge in [-0.25, -0.2) is 4.79 Å². The molecule has 0 radical (unpaired) electrons. The molecule has 1 saturated heterocycles. The quantitative estimate of drug-likeness (QED) is 0.235. The van der Waals surface area contributed by atoms with E-state index < -0.39 is 12.2 Å². The van der Waals surface area contributed by atoms with Crippen LogP contribution in [0.4, 0.5) is 27.5 Å². The first-order valence-electron chi connectivity index (χ1n) is 15.8. The molecule has 1 fully saturated rings. The van der Waals surface area contributed by atoms with Gasteiger partial charge >= 0.3 is 6.03 Å². The van der Waals surface area contributed by atoms with Gasteiger partial charge in [-0.05, 0) is 67.3 Å². The van der Waals surface area contributed by atoms with Gasteiger partial charge in [0.2, 0.25) is 6.17 Å². The number of benzene rings is 4. The zero-order valence-corrected chi connectivity index (χ0v) is 25.7. The van der Waals surface area contributed by atoms with Gasteiger partial charge in [-0.1, -0.05) is 73.7 Å². The van der Waals surface area contributed by atoms with Gasteiger partial charge in [0, 0.05) is 61.1 Å². The highest BCUT2D eigenvalue weighted by Crippen LogP contribution is 2.28. The number of fused-ring (bicyclic) bond motifs is 1. The van der Waals surface area contributed by atoms with Crippen LogP contribution < -0.4 is 25.3 Å². The lowest BCUT2D eigenvalue weighted by molar-refractivity contribution is -0.120. The highest BCUT2D eigenvalue weighted by molar-refractivity contribution is 6.13. The van der Waals surface area contributed by atoms with E-state index in [9.17, 15) is 9.59 Å². The largest absolute Gasteiger partial charge is 0.368 e. The van der Waals surface area contributed by atoms with Crippen LogP contribution in [0.1, 0.15) is 30.9 Å². The molecule has 230 valence electrons. The summed E-state index contributed by atoms with van der Waals surface area (Å²) in [6.07, 6.45) is 1.18. The van der Waals surface area contributed by atoms with Gasteiger partial charge in [0.05, 0.1) is 5.69 Å². The van der Waals surface area contributed by atoms with E-state index in [1.54, 1.807) is 4.90 Å². The van der Waals surface area contributed by atoms with Crippen LogP contribution in [0.3, 0.4) is 0 Å². The maximum atomic E-state index is 13.8. The van der Waals surface area contributed by atoms with Crippen LogP contribution in [0.15, 0.2) is 114 Å². The summed E-state index contributed by atoms with van der Waals surface area (Å²) in [6, 6.07) is 36.0. The summed E-state index contributed by atoms with van der Waals surface area (Å²) in [5.74, 6) is -0.237. The Balaban J connectivity index is 1.13. The van der Waals surface area contributed by atoms with Crippen LogP contribution >= 0.6 is 0 Å². The molecule has 6 rings (SSSR count). The van der Waals surface area contributed by atoms with Gasteiger partial charge in [0.25, 0.3) is 5.91 Å². The molecular formula is C37H40N6O2. The fraction of sp³-hybridized carbons (Fsp3) is 0.270. The second kappa shape index (κ2) is 14.1.